The van der Waals surface area contributed by atoms with E-state index >= 15 is 0 Å². The minimum absolute atomic E-state index is 0.592. The van der Waals surface area contributed by atoms with Crippen molar-refractivity contribution in [2.75, 3.05) is 0 Å². The van der Waals surface area contributed by atoms with Crippen LogP contribution >= 0.6 is 0 Å². The number of hydrogen-bond acceptors (Lipinski definition) is 0. The summed E-state index contributed by atoms with van der Waals surface area (Å²) in [6.07, 6.45) is 7.97. The Morgan fingerprint density at radius 1 is 1.13 bits per heavy atom. The zero-order valence-corrected chi connectivity index (χ0v) is 10.8. The third-order valence-corrected chi connectivity index (χ3v) is 3.00. The third-order valence-electron chi connectivity index (χ3n) is 3.00. The molecule has 0 aromatic heterocycles. The van der Waals surface area contributed by atoms with Crippen LogP contribution in [-0.4, -0.2) is 0 Å². The maximum absolute atomic E-state index is 4.10. The van der Waals surface area contributed by atoms with Gasteiger partial charge in [0.05, 0.1) is 0 Å². The fraction of sp³-hybridized carbons (Fsp3) is 0.600. The van der Waals surface area contributed by atoms with Crippen molar-refractivity contribution in [2.24, 2.45) is 11.8 Å². The molecule has 2 atom stereocenters. The van der Waals surface area contributed by atoms with Gasteiger partial charge < -0.3 is 0 Å². The molecule has 0 aliphatic heterocycles. The predicted octanol–water partition coefficient (Wildman–Crippen LogP) is 5.14. The fourth-order valence-corrected chi connectivity index (χ4v) is 1.34. The number of rotatable bonds is 7. The van der Waals surface area contributed by atoms with Crippen molar-refractivity contribution in [1.29, 1.82) is 0 Å². The summed E-state index contributed by atoms with van der Waals surface area (Å²) in [7, 11) is 0. The smallest absolute Gasteiger partial charge is 0.0196 e. The van der Waals surface area contributed by atoms with E-state index in [0.717, 1.165) is 11.5 Å². The van der Waals surface area contributed by atoms with Crippen molar-refractivity contribution in [3.63, 3.8) is 0 Å². The molecule has 86 valence electrons. The van der Waals surface area contributed by atoms with Gasteiger partial charge in [-0.1, -0.05) is 70.1 Å². The lowest BCUT2D eigenvalue weighted by atomic mass is 9.91. The van der Waals surface area contributed by atoms with E-state index < -0.39 is 0 Å². The SMILES string of the molecule is C=C(C)/C=C\C(=C)C(C)CCC(C)CC. The van der Waals surface area contributed by atoms with E-state index in [4.69, 9.17) is 0 Å². The molecule has 0 aromatic carbocycles. The van der Waals surface area contributed by atoms with Crippen LogP contribution in [0, 0.1) is 11.8 Å². The van der Waals surface area contributed by atoms with Gasteiger partial charge in [0.2, 0.25) is 0 Å². The molecule has 0 amide bonds. The average Bonchev–Trinajstić information content (AvgIpc) is 2.21. The summed E-state index contributed by atoms with van der Waals surface area (Å²) in [6, 6.07) is 0. The monoisotopic (exact) mass is 206 g/mol. The molecule has 2 unspecified atom stereocenters. The molecule has 0 saturated heterocycles. The zero-order valence-electron chi connectivity index (χ0n) is 10.8. The quantitative estimate of drug-likeness (QED) is 0.506. The molecule has 0 heteroatoms. The maximum Gasteiger partial charge on any atom is -0.0196 e. The highest BCUT2D eigenvalue weighted by atomic mass is 14.1. The molecule has 0 N–H and O–H groups in total. The van der Waals surface area contributed by atoms with E-state index in [1.807, 2.05) is 13.0 Å². The molecule has 15 heavy (non-hydrogen) atoms. The van der Waals surface area contributed by atoms with Gasteiger partial charge in [-0.2, -0.15) is 0 Å². The van der Waals surface area contributed by atoms with Gasteiger partial charge in [0.25, 0.3) is 0 Å². The lowest BCUT2D eigenvalue weighted by Gasteiger charge is -2.14. The summed E-state index contributed by atoms with van der Waals surface area (Å²) < 4.78 is 0. The molecule has 0 radical (unpaired) electrons. The first kappa shape index (κ1) is 14.2. The van der Waals surface area contributed by atoms with Crippen LogP contribution in [0.2, 0.25) is 0 Å². The Morgan fingerprint density at radius 3 is 2.20 bits per heavy atom. The Bertz CT molecular complexity index is 232. The molecule has 0 spiro atoms. The van der Waals surface area contributed by atoms with Crippen LogP contribution in [-0.2, 0) is 0 Å². The first-order valence-electron chi connectivity index (χ1n) is 5.99. The van der Waals surface area contributed by atoms with Crippen LogP contribution in [0.3, 0.4) is 0 Å². The Kier molecular flexibility index (Phi) is 7.11. The van der Waals surface area contributed by atoms with Gasteiger partial charge >= 0.3 is 0 Å². The summed E-state index contributed by atoms with van der Waals surface area (Å²) in [5.41, 5.74) is 2.31. The maximum atomic E-state index is 4.10. The molecule has 0 heterocycles. The van der Waals surface area contributed by atoms with Gasteiger partial charge in [0.15, 0.2) is 0 Å². The van der Waals surface area contributed by atoms with Crippen LogP contribution in [0.25, 0.3) is 0 Å². The van der Waals surface area contributed by atoms with Gasteiger partial charge in [-0.25, -0.2) is 0 Å². The lowest BCUT2D eigenvalue weighted by molar-refractivity contribution is 0.454. The molecule has 0 fully saturated rings. The largest absolute Gasteiger partial charge is 0.0961 e. The normalized spacial score (nSPS) is 15.2. The van der Waals surface area contributed by atoms with Gasteiger partial charge in [-0.3, -0.25) is 0 Å². The van der Waals surface area contributed by atoms with Crippen LogP contribution in [0.15, 0.2) is 36.5 Å². The Hall–Kier alpha value is -0.780. The van der Waals surface area contributed by atoms with E-state index in [9.17, 15) is 0 Å². The standard InChI is InChI=1S/C15H26/c1-7-13(4)9-11-15(6)14(5)10-8-12(2)3/h8,10,13,15H,2,5,7,9,11H2,1,3-4,6H3/b10-8-. The molecular formula is C15H26. The van der Waals surface area contributed by atoms with E-state index in [-0.39, 0.29) is 0 Å². The summed E-state index contributed by atoms with van der Waals surface area (Å²) in [4.78, 5) is 0. The fourth-order valence-electron chi connectivity index (χ4n) is 1.34. The van der Waals surface area contributed by atoms with E-state index in [0.29, 0.717) is 5.92 Å². The summed E-state index contributed by atoms with van der Waals surface area (Å²) >= 11 is 0. The van der Waals surface area contributed by atoms with Gasteiger partial charge in [0, 0.05) is 0 Å². The second kappa shape index (κ2) is 7.50. The second-order valence-corrected chi connectivity index (χ2v) is 4.75. The van der Waals surface area contributed by atoms with Crippen LogP contribution < -0.4 is 0 Å². The second-order valence-electron chi connectivity index (χ2n) is 4.75. The van der Waals surface area contributed by atoms with Gasteiger partial charge in [-0.05, 0) is 25.2 Å². The predicted molar refractivity (Wildman–Crippen MR) is 70.9 cm³/mol. The average molecular weight is 206 g/mol. The van der Waals surface area contributed by atoms with Crippen LogP contribution in [0.4, 0.5) is 0 Å². The van der Waals surface area contributed by atoms with Crippen LogP contribution in [0.5, 0.6) is 0 Å². The van der Waals surface area contributed by atoms with Crippen molar-refractivity contribution in [2.45, 2.75) is 47.0 Å². The van der Waals surface area contributed by atoms with E-state index in [1.54, 1.807) is 0 Å². The highest BCUT2D eigenvalue weighted by Gasteiger charge is 2.06. The molecule has 0 aliphatic rings. The summed E-state index contributed by atoms with van der Waals surface area (Å²) in [5.74, 6) is 1.43. The third kappa shape index (κ3) is 7.18. The van der Waals surface area contributed by atoms with Gasteiger partial charge in [-0.15, -0.1) is 0 Å². The lowest BCUT2D eigenvalue weighted by Crippen LogP contribution is -2.00. The first-order chi connectivity index (χ1) is 6.97. The van der Waals surface area contributed by atoms with Crippen molar-refractivity contribution >= 4 is 0 Å². The van der Waals surface area contributed by atoms with Crippen molar-refractivity contribution in [3.05, 3.63) is 36.5 Å². The minimum Gasteiger partial charge on any atom is -0.0961 e. The van der Waals surface area contributed by atoms with Gasteiger partial charge in [0.1, 0.15) is 0 Å². The Balaban J connectivity index is 3.94. The van der Waals surface area contributed by atoms with E-state index in [2.05, 4.69) is 40.0 Å². The van der Waals surface area contributed by atoms with Crippen molar-refractivity contribution < 1.29 is 0 Å². The minimum atomic E-state index is 0.592. The highest BCUT2D eigenvalue weighted by molar-refractivity contribution is 5.24. The number of hydrogen-bond donors (Lipinski definition) is 0. The molecule has 0 aliphatic carbocycles. The molecule has 0 bridgehead atoms. The topological polar surface area (TPSA) is 0 Å². The Morgan fingerprint density at radius 2 is 1.73 bits per heavy atom. The first-order valence-corrected chi connectivity index (χ1v) is 5.99. The molecule has 0 aromatic rings. The number of allylic oxidation sites excluding steroid dienone is 4. The zero-order chi connectivity index (χ0) is 11.8. The molecular weight excluding hydrogens is 180 g/mol. The van der Waals surface area contributed by atoms with E-state index in [1.165, 1.54) is 24.8 Å². The van der Waals surface area contributed by atoms with Crippen molar-refractivity contribution in [1.82, 2.24) is 0 Å². The van der Waals surface area contributed by atoms with Crippen molar-refractivity contribution in [3.8, 4) is 0 Å². The summed E-state index contributed by atoms with van der Waals surface area (Å²) in [5, 5.41) is 0. The Labute approximate surface area is 95.8 Å². The summed E-state index contributed by atoms with van der Waals surface area (Å²) in [6.45, 7) is 16.8. The van der Waals surface area contributed by atoms with Crippen LogP contribution in [0.1, 0.15) is 47.0 Å². The highest BCUT2D eigenvalue weighted by Crippen LogP contribution is 2.20. The molecule has 0 nitrogen and oxygen atoms in total. The molecule has 0 saturated carbocycles. The molecule has 0 rings (SSSR count).